The van der Waals surface area contributed by atoms with Crippen molar-refractivity contribution in [1.82, 2.24) is 0 Å². The molecule has 218 valence electrons. The van der Waals surface area contributed by atoms with Gasteiger partial charge in [0.25, 0.3) is 10.1 Å². The Hall–Kier alpha value is -2.80. The number of unbranched alkanes of at least 4 members (excludes halogenated alkanes) is 1. The van der Waals surface area contributed by atoms with Crippen molar-refractivity contribution in [2.24, 2.45) is 0 Å². The number of fused-ring (bicyclic) bond motifs is 2. The summed E-state index contributed by atoms with van der Waals surface area (Å²) < 4.78 is 31.6. The Morgan fingerprint density at radius 1 is 1.00 bits per heavy atom. The van der Waals surface area contributed by atoms with Crippen LogP contribution in [0.5, 0.6) is 0 Å². The molecular weight excluding hydrogens is 552 g/mol. The first-order valence-corrected chi connectivity index (χ1v) is 16.5. The molecule has 41 heavy (non-hydrogen) atoms. The highest BCUT2D eigenvalue weighted by Gasteiger charge is 2.39. The molecule has 5 rings (SSSR count). The van der Waals surface area contributed by atoms with Crippen LogP contribution in [0.2, 0.25) is 0 Å². The number of para-hydroxylation sites is 2. The summed E-state index contributed by atoms with van der Waals surface area (Å²) >= 11 is 7.04. The number of hydrogen-bond donors (Lipinski definition) is 2. The molecule has 0 amide bonds. The molecule has 0 radical (unpaired) electrons. The highest BCUT2D eigenvalue weighted by Crippen LogP contribution is 2.48. The third kappa shape index (κ3) is 6.06. The number of anilines is 2. The van der Waals surface area contributed by atoms with Gasteiger partial charge >= 0.3 is 0 Å². The molecule has 2 heterocycles. The second-order valence-electron chi connectivity index (χ2n) is 12.5. The van der Waals surface area contributed by atoms with Crippen LogP contribution in [0.15, 0.2) is 94.7 Å². The van der Waals surface area contributed by atoms with E-state index in [9.17, 15) is 8.42 Å². The van der Waals surface area contributed by atoms with E-state index in [4.69, 9.17) is 16.2 Å². The van der Waals surface area contributed by atoms with Crippen molar-refractivity contribution in [3.63, 3.8) is 0 Å². The Morgan fingerprint density at radius 2 is 1.71 bits per heavy atom. The summed E-state index contributed by atoms with van der Waals surface area (Å²) in [5.74, 6) is -0.217. The summed E-state index contributed by atoms with van der Waals surface area (Å²) in [4.78, 5) is 2.29. The van der Waals surface area contributed by atoms with Crippen LogP contribution in [-0.4, -0.2) is 31.3 Å². The number of nitrogens with one attached hydrogen (secondary N) is 1. The average Bonchev–Trinajstić information content (AvgIpc) is 3.30. The number of allylic oxidation sites excluding steroid dienone is 7. The molecule has 2 aromatic rings. The van der Waals surface area contributed by atoms with Crippen LogP contribution in [0.3, 0.4) is 0 Å². The van der Waals surface area contributed by atoms with E-state index in [1.165, 1.54) is 28.1 Å². The smallest absolute Gasteiger partial charge is 0.264 e. The lowest BCUT2D eigenvalue weighted by Gasteiger charge is -2.27. The zero-order chi connectivity index (χ0) is 29.4. The molecule has 1 aliphatic carbocycles. The topological polar surface area (TPSA) is 69.6 Å². The molecular formula is C34H41ClN2O3S. The van der Waals surface area contributed by atoms with Gasteiger partial charge in [-0.25, -0.2) is 0 Å². The number of benzene rings is 2. The quantitative estimate of drug-likeness (QED) is 0.238. The van der Waals surface area contributed by atoms with Crippen LogP contribution in [0.1, 0.15) is 70.9 Å². The maximum Gasteiger partial charge on any atom is 0.264 e. The van der Waals surface area contributed by atoms with Crippen LogP contribution in [0, 0.1) is 0 Å². The Morgan fingerprint density at radius 3 is 2.44 bits per heavy atom. The lowest BCUT2D eigenvalue weighted by molar-refractivity contribution is 0.480. The van der Waals surface area contributed by atoms with E-state index in [2.05, 4.69) is 105 Å². The highest BCUT2D eigenvalue weighted by atomic mass is 35.5. The SMILES string of the molecule is CC1(C)/C(=C\C=C2/CCCC(/C=C/C3Nc4ccccc4C3(C)C)=C2Cl)N(CCCCS(=O)(=O)O)c2ccccc21. The van der Waals surface area contributed by atoms with Crippen molar-refractivity contribution in [2.45, 2.75) is 76.7 Å². The van der Waals surface area contributed by atoms with Crippen LogP contribution in [0.25, 0.3) is 0 Å². The van der Waals surface area contributed by atoms with Crippen molar-refractivity contribution >= 4 is 33.1 Å². The van der Waals surface area contributed by atoms with E-state index in [1.54, 1.807) is 0 Å². The molecule has 2 N–H and O–H groups in total. The number of halogens is 1. The fourth-order valence-electron chi connectivity index (χ4n) is 6.51. The standard InChI is InChI=1S/C34H41ClN2O3S/c1-33(2)26-14-5-7-16-28(26)36-30(33)20-18-24-12-11-13-25(32(24)35)19-21-31-34(3,4)27-15-6-8-17-29(27)37(31)22-9-10-23-41(38,39)40/h5-8,14-21,30,36H,9-13,22-23H2,1-4H3,(H,38,39,40)/b20-18+,25-19+,31-21+. The summed E-state index contributed by atoms with van der Waals surface area (Å²) in [7, 11) is -3.96. The zero-order valence-corrected chi connectivity index (χ0v) is 26.0. The molecule has 7 heteroatoms. The monoisotopic (exact) mass is 592 g/mol. The predicted molar refractivity (Wildman–Crippen MR) is 171 cm³/mol. The zero-order valence-electron chi connectivity index (χ0n) is 24.5. The van der Waals surface area contributed by atoms with Gasteiger partial charge in [-0.1, -0.05) is 93.9 Å². The average molecular weight is 593 g/mol. The van der Waals surface area contributed by atoms with Gasteiger partial charge in [0.2, 0.25) is 0 Å². The number of rotatable bonds is 8. The lowest BCUT2D eigenvalue weighted by Crippen LogP contribution is -2.31. The van der Waals surface area contributed by atoms with E-state index in [1.807, 2.05) is 6.07 Å². The minimum Gasteiger partial charge on any atom is -0.378 e. The third-order valence-corrected chi connectivity index (χ3v) is 10.2. The summed E-state index contributed by atoms with van der Waals surface area (Å²) in [5, 5.41) is 4.51. The highest BCUT2D eigenvalue weighted by molar-refractivity contribution is 7.85. The Kier molecular flexibility index (Phi) is 8.30. The normalized spacial score (nSPS) is 23.4. The maximum absolute atomic E-state index is 11.2. The summed E-state index contributed by atoms with van der Waals surface area (Å²) in [5.41, 5.74) is 8.21. The van der Waals surface area contributed by atoms with Gasteiger partial charge in [0.05, 0.1) is 11.8 Å². The Labute approximate surface area is 250 Å². The van der Waals surface area contributed by atoms with Gasteiger partial charge in [0.1, 0.15) is 0 Å². The predicted octanol–water partition coefficient (Wildman–Crippen LogP) is 8.27. The molecule has 0 aromatic heterocycles. The van der Waals surface area contributed by atoms with E-state index in [0.717, 1.165) is 35.6 Å². The first-order valence-electron chi connectivity index (χ1n) is 14.6. The molecule has 2 aromatic carbocycles. The summed E-state index contributed by atoms with van der Waals surface area (Å²) in [6.07, 6.45) is 12.9. The van der Waals surface area contributed by atoms with Crippen molar-refractivity contribution in [3.8, 4) is 0 Å². The maximum atomic E-state index is 11.2. The van der Waals surface area contributed by atoms with Crippen LogP contribution >= 0.6 is 11.6 Å². The van der Waals surface area contributed by atoms with Crippen molar-refractivity contribution < 1.29 is 13.0 Å². The molecule has 1 atom stereocenters. The third-order valence-electron chi connectivity index (χ3n) is 8.93. The minimum atomic E-state index is -3.96. The Balaban J connectivity index is 1.39. The molecule has 0 fully saturated rings. The van der Waals surface area contributed by atoms with Crippen molar-refractivity contribution in [3.05, 3.63) is 106 Å². The van der Waals surface area contributed by atoms with Crippen molar-refractivity contribution in [2.75, 3.05) is 22.5 Å². The Bertz CT molecular complexity index is 1550. The first kappa shape index (κ1) is 29.7. The second-order valence-corrected chi connectivity index (χ2v) is 14.4. The molecule has 0 saturated heterocycles. The molecule has 2 aliphatic heterocycles. The van der Waals surface area contributed by atoms with Gasteiger partial charge in [-0.15, -0.1) is 0 Å². The van der Waals surface area contributed by atoms with Gasteiger partial charge in [-0.05, 0) is 72.6 Å². The van der Waals surface area contributed by atoms with E-state index in [0.29, 0.717) is 19.4 Å². The fraction of sp³-hybridized carbons (Fsp3) is 0.412. The van der Waals surface area contributed by atoms with Gasteiger partial charge in [-0.3, -0.25) is 4.55 Å². The van der Waals surface area contributed by atoms with Crippen LogP contribution in [0.4, 0.5) is 11.4 Å². The first-order chi connectivity index (χ1) is 19.4. The summed E-state index contributed by atoms with van der Waals surface area (Å²) in [6.45, 7) is 9.70. The molecule has 0 spiro atoms. The molecule has 5 nitrogen and oxygen atoms in total. The van der Waals surface area contributed by atoms with E-state index in [-0.39, 0.29) is 22.6 Å². The van der Waals surface area contributed by atoms with Crippen LogP contribution < -0.4 is 10.2 Å². The van der Waals surface area contributed by atoms with Gasteiger partial charge in [0, 0.05) is 39.5 Å². The lowest BCUT2D eigenvalue weighted by atomic mass is 9.80. The molecule has 1 unspecified atom stereocenters. The molecule has 0 bridgehead atoms. The van der Waals surface area contributed by atoms with Gasteiger partial charge < -0.3 is 10.2 Å². The minimum absolute atomic E-state index is 0.00817. The fourth-order valence-corrected chi connectivity index (χ4v) is 7.40. The second kappa shape index (κ2) is 11.5. The van der Waals surface area contributed by atoms with Gasteiger partial charge in [0.15, 0.2) is 0 Å². The molecule has 0 saturated carbocycles. The van der Waals surface area contributed by atoms with E-state index < -0.39 is 10.1 Å². The number of nitrogens with zero attached hydrogens (tertiary/aromatic N) is 1. The van der Waals surface area contributed by atoms with Crippen LogP contribution in [-0.2, 0) is 20.9 Å². The summed E-state index contributed by atoms with van der Waals surface area (Å²) in [6, 6.07) is 17.1. The largest absolute Gasteiger partial charge is 0.378 e. The van der Waals surface area contributed by atoms with Gasteiger partial charge in [-0.2, -0.15) is 8.42 Å². The van der Waals surface area contributed by atoms with E-state index >= 15 is 0 Å². The molecule has 3 aliphatic rings. The van der Waals surface area contributed by atoms with Crippen molar-refractivity contribution in [1.29, 1.82) is 0 Å². The number of hydrogen-bond acceptors (Lipinski definition) is 4.